The molecule has 0 N–H and O–H groups in total. The molecule has 0 aromatic carbocycles. The molecule has 0 aromatic rings. The maximum atomic E-state index is 5.52. The van der Waals surface area contributed by atoms with Crippen LogP contribution < -0.4 is 0 Å². The largest absolute Gasteiger partial charge is 0.713 e. The maximum Gasteiger partial charge on any atom is 0.713 e. The van der Waals surface area contributed by atoms with Gasteiger partial charge in [-0.2, -0.15) is 0 Å². The third kappa shape index (κ3) is 4.40. The van der Waals surface area contributed by atoms with E-state index in [1.807, 2.05) is 13.0 Å². The average Bonchev–Trinajstić information content (AvgIpc) is 2.53. The van der Waals surface area contributed by atoms with E-state index >= 15 is 0 Å². The molecule has 0 radical (unpaired) electrons. The van der Waals surface area contributed by atoms with Gasteiger partial charge in [-0.15, -0.1) is 0 Å². The monoisotopic (exact) mass is 216 g/mol. The topological polar surface area (TPSA) is 27.7 Å². The van der Waals surface area contributed by atoms with Crippen molar-refractivity contribution >= 4 is 19.1 Å². The predicted molar refractivity (Wildman–Crippen MR) is 59.8 cm³/mol. The van der Waals surface area contributed by atoms with Crippen LogP contribution >= 0.6 is 11.8 Å². The Bertz CT molecular complexity index is 207. The van der Waals surface area contributed by atoms with Crippen molar-refractivity contribution in [1.29, 1.82) is 0 Å². The van der Waals surface area contributed by atoms with Gasteiger partial charge in [0.2, 0.25) is 0 Å². The van der Waals surface area contributed by atoms with Gasteiger partial charge in [-0.05, 0) is 13.0 Å². The molecule has 1 fully saturated rings. The number of rotatable bonds is 3. The van der Waals surface area contributed by atoms with Gasteiger partial charge in [0, 0.05) is 4.75 Å². The van der Waals surface area contributed by atoms with Crippen molar-refractivity contribution in [2.24, 2.45) is 0 Å². The van der Waals surface area contributed by atoms with Gasteiger partial charge in [-0.3, -0.25) is 0 Å². The summed E-state index contributed by atoms with van der Waals surface area (Å²) < 4.78 is 16.1. The van der Waals surface area contributed by atoms with E-state index in [1.54, 1.807) is 11.8 Å². The first kappa shape index (κ1) is 11.9. The summed E-state index contributed by atoms with van der Waals surface area (Å²) in [7, 11) is -0.518. The van der Waals surface area contributed by atoms with Crippen LogP contribution in [0.2, 0.25) is 0 Å². The highest BCUT2D eigenvalue weighted by molar-refractivity contribution is 8.04. The molecule has 1 aliphatic heterocycles. The standard InChI is InChI=1S/C9H17BO3S/c1-5-8(14-9(2,3)4)13-10-11-6-7-12-10/h5H,6-7H2,1-4H3/b8-5+. The van der Waals surface area contributed by atoms with E-state index in [4.69, 9.17) is 14.0 Å². The van der Waals surface area contributed by atoms with Gasteiger partial charge in [0.05, 0.1) is 13.2 Å². The Hall–Kier alpha value is -0.125. The van der Waals surface area contributed by atoms with Crippen molar-refractivity contribution in [3.63, 3.8) is 0 Å². The van der Waals surface area contributed by atoms with Crippen molar-refractivity contribution in [1.82, 2.24) is 0 Å². The summed E-state index contributed by atoms with van der Waals surface area (Å²) in [6.45, 7) is 9.59. The normalized spacial score (nSPS) is 18.9. The minimum atomic E-state index is -0.518. The second-order valence-electron chi connectivity index (χ2n) is 3.97. The van der Waals surface area contributed by atoms with E-state index in [0.29, 0.717) is 13.2 Å². The lowest BCUT2D eigenvalue weighted by atomic mass is 10.2. The highest BCUT2D eigenvalue weighted by atomic mass is 32.2. The lowest BCUT2D eigenvalue weighted by molar-refractivity contribution is 0.238. The summed E-state index contributed by atoms with van der Waals surface area (Å²) in [6, 6.07) is 0. The Morgan fingerprint density at radius 2 is 1.93 bits per heavy atom. The summed E-state index contributed by atoms with van der Waals surface area (Å²) in [5, 5.41) is 0.851. The Labute approximate surface area is 90.4 Å². The quantitative estimate of drug-likeness (QED) is 0.534. The van der Waals surface area contributed by atoms with Crippen LogP contribution in [0.5, 0.6) is 0 Å². The molecule has 0 aliphatic carbocycles. The molecule has 0 aromatic heterocycles. The Kier molecular flexibility index (Phi) is 4.35. The van der Waals surface area contributed by atoms with Gasteiger partial charge < -0.3 is 14.0 Å². The molecule has 80 valence electrons. The smallest absolute Gasteiger partial charge is 0.507 e. The van der Waals surface area contributed by atoms with Crippen molar-refractivity contribution in [3.05, 3.63) is 11.2 Å². The van der Waals surface area contributed by atoms with E-state index < -0.39 is 7.32 Å². The molecule has 1 heterocycles. The highest BCUT2D eigenvalue weighted by Crippen LogP contribution is 2.32. The average molecular weight is 216 g/mol. The van der Waals surface area contributed by atoms with Crippen LogP contribution in [0.15, 0.2) is 11.2 Å². The molecule has 5 heteroatoms. The molecule has 1 aliphatic rings. The zero-order valence-electron chi connectivity index (χ0n) is 9.20. The van der Waals surface area contributed by atoms with Crippen LogP contribution in [0.3, 0.4) is 0 Å². The van der Waals surface area contributed by atoms with Crippen LogP contribution in [0.25, 0.3) is 0 Å². The van der Waals surface area contributed by atoms with E-state index in [0.717, 1.165) is 5.09 Å². The lowest BCUT2D eigenvalue weighted by Crippen LogP contribution is -2.20. The first-order chi connectivity index (χ1) is 6.51. The predicted octanol–water partition coefficient (Wildman–Crippen LogP) is 2.43. The van der Waals surface area contributed by atoms with Gasteiger partial charge in [0.15, 0.2) is 0 Å². The van der Waals surface area contributed by atoms with Crippen molar-refractivity contribution in [2.75, 3.05) is 13.2 Å². The molecule has 0 bridgehead atoms. The van der Waals surface area contributed by atoms with Crippen LogP contribution in [0.1, 0.15) is 27.7 Å². The SMILES string of the molecule is C/C=C(\OB1OCCO1)SC(C)(C)C. The second kappa shape index (κ2) is 5.10. The molecule has 14 heavy (non-hydrogen) atoms. The van der Waals surface area contributed by atoms with E-state index in [9.17, 15) is 0 Å². The molecule has 0 spiro atoms. The molecule has 0 unspecified atom stereocenters. The Morgan fingerprint density at radius 1 is 1.36 bits per heavy atom. The molecule has 0 saturated carbocycles. The van der Waals surface area contributed by atoms with E-state index in [1.165, 1.54) is 0 Å². The molecule has 3 nitrogen and oxygen atoms in total. The van der Waals surface area contributed by atoms with Crippen LogP contribution in [-0.2, 0) is 14.0 Å². The second-order valence-corrected chi connectivity index (χ2v) is 5.80. The molecule has 1 rings (SSSR count). The van der Waals surface area contributed by atoms with Crippen LogP contribution in [0.4, 0.5) is 0 Å². The van der Waals surface area contributed by atoms with Crippen molar-refractivity contribution in [2.45, 2.75) is 32.4 Å². The summed E-state index contributed by atoms with van der Waals surface area (Å²) in [5.41, 5.74) is 0. The fourth-order valence-corrected chi connectivity index (χ4v) is 1.80. The molecule has 1 saturated heterocycles. The Balaban J connectivity index is 2.39. The minimum Gasteiger partial charge on any atom is -0.507 e. The van der Waals surface area contributed by atoms with Gasteiger partial charge in [0.25, 0.3) is 0 Å². The number of hydrogen-bond acceptors (Lipinski definition) is 4. The first-order valence-corrected chi connectivity index (χ1v) is 5.58. The molecular formula is C9H17BO3S. The van der Waals surface area contributed by atoms with E-state index in [-0.39, 0.29) is 4.75 Å². The van der Waals surface area contributed by atoms with Gasteiger partial charge in [-0.25, -0.2) is 0 Å². The van der Waals surface area contributed by atoms with Crippen LogP contribution in [-0.4, -0.2) is 25.3 Å². The molecular weight excluding hydrogens is 199 g/mol. The fraction of sp³-hybridized carbons (Fsp3) is 0.778. The third-order valence-corrected chi connectivity index (χ3v) is 2.59. The summed E-state index contributed by atoms with van der Waals surface area (Å²) in [5.74, 6) is 0. The molecule has 0 amide bonds. The van der Waals surface area contributed by atoms with Crippen molar-refractivity contribution in [3.8, 4) is 0 Å². The zero-order valence-corrected chi connectivity index (χ0v) is 10.0. The van der Waals surface area contributed by atoms with Gasteiger partial charge >= 0.3 is 7.32 Å². The maximum absolute atomic E-state index is 5.52. The zero-order chi connectivity index (χ0) is 10.6. The minimum absolute atomic E-state index is 0.139. The van der Waals surface area contributed by atoms with Gasteiger partial charge in [0.1, 0.15) is 5.09 Å². The summed E-state index contributed by atoms with van der Waals surface area (Å²) in [6.07, 6.45) is 1.93. The van der Waals surface area contributed by atoms with Gasteiger partial charge in [-0.1, -0.05) is 32.5 Å². The first-order valence-electron chi connectivity index (χ1n) is 4.76. The number of allylic oxidation sites excluding steroid dienone is 1. The fourth-order valence-electron chi connectivity index (χ4n) is 0.952. The van der Waals surface area contributed by atoms with Crippen molar-refractivity contribution < 1.29 is 14.0 Å². The van der Waals surface area contributed by atoms with E-state index in [2.05, 4.69) is 20.8 Å². The van der Waals surface area contributed by atoms with Crippen LogP contribution in [0, 0.1) is 0 Å². The lowest BCUT2D eigenvalue weighted by Gasteiger charge is -2.20. The Morgan fingerprint density at radius 3 is 2.36 bits per heavy atom. The number of hydrogen-bond donors (Lipinski definition) is 0. The molecule has 0 atom stereocenters. The number of thioether (sulfide) groups is 1. The third-order valence-electron chi connectivity index (χ3n) is 1.45. The highest BCUT2D eigenvalue weighted by Gasteiger charge is 2.30. The summed E-state index contributed by atoms with van der Waals surface area (Å²) >= 11 is 1.67. The summed E-state index contributed by atoms with van der Waals surface area (Å²) in [4.78, 5) is 0.